The average Bonchev–Trinajstić information content (AvgIpc) is 3.19. The maximum Gasteiger partial charge on any atom is 0.244 e. The third kappa shape index (κ3) is 4.21. The van der Waals surface area contributed by atoms with E-state index < -0.39 is 9.84 Å². The zero-order valence-electron chi connectivity index (χ0n) is 17.6. The van der Waals surface area contributed by atoms with Crippen molar-refractivity contribution >= 4 is 38.4 Å². The summed E-state index contributed by atoms with van der Waals surface area (Å²) in [6.07, 6.45) is 0. The molecule has 2 aromatic carbocycles. The minimum absolute atomic E-state index is 0.0278. The molecule has 0 aliphatic carbocycles. The van der Waals surface area contributed by atoms with E-state index in [1.165, 1.54) is 4.68 Å². The van der Waals surface area contributed by atoms with Crippen LogP contribution in [0.15, 0.2) is 60.7 Å². The summed E-state index contributed by atoms with van der Waals surface area (Å²) >= 11 is 6.84. The number of benzene rings is 2. The Bertz CT molecular complexity index is 1430. The predicted octanol–water partition coefficient (Wildman–Crippen LogP) is 3.07. The van der Waals surface area contributed by atoms with Crippen molar-refractivity contribution in [2.24, 2.45) is 0 Å². The molecule has 0 radical (unpaired) electrons. The number of hydrogen-bond acceptors (Lipinski definition) is 6. The van der Waals surface area contributed by atoms with Crippen LogP contribution in [-0.4, -0.2) is 63.8 Å². The van der Waals surface area contributed by atoms with Crippen molar-refractivity contribution in [3.63, 3.8) is 0 Å². The molecule has 3 heterocycles. The lowest BCUT2D eigenvalue weighted by Crippen LogP contribution is -2.45. The number of halogens is 1. The zero-order chi connectivity index (χ0) is 23.0. The van der Waals surface area contributed by atoms with Gasteiger partial charge in [0.05, 0.1) is 21.9 Å². The van der Waals surface area contributed by atoms with E-state index in [0.29, 0.717) is 27.4 Å². The fourth-order valence-electron chi connectivity index (χ4n) is 3.90. The number of nitrogens with zero attached hydrogens (tertiary/aromatic N) is 5. The molecular formula is C23H20ClN5O3S. The molecule has 0 atom stereocenters. The van der Waals surface area contributed by atoms with Crippen LogP contribution in [0.4, 0.5) is 0 Å². The van der Waals surface area contributed by atoms with Crippen LogP contribution in [0.2, 0.25) is 5.02 Å². The molecule has 0 saturated carbocycles. The highest BCUT2D eigenvalue weighted by Gasteiger charge is 2.27. The van der Waals surface area contributed by atoms with Crippen LogP contribution in [0.1, 0.15) is 0 Å². The van der Waals surface area contributed by atoms with Crippen molar-refractivity contribution in [3.05, 3.63) is 65.7 Å². The van der Waals surface area contributed by atoms with Gasteiger partial charge in [0, 0.05) is 24.2 Å². The van der Waals surface area contributed by atoms with E-state index in [9.17, 15) is 13.2 Å². The topological polar surface area (TPSA) is 98.1 Å². The van der Waals surface area contributed by atoms with Crippen molar-refractivity contribution < 1.29 is 13.2 Å². The molecule has 0 unspecified atom stereocenters. The smallest absolute Gasteiger partial charge is 0.244 e. The number of fused-ring (bicyclic) bond motifs is 1. The molecule has 1 amide bonds. The van der Waals surface area contributed by atoms with Gasteiger partial charge in [0.15, 0.2) is 15.5 Å². The van der Waals surface area contributed by atoms with Crippen LogP contribution >= 0.6 is 11.6 Å². The second kappa shape index (κ2) is 8.57. The molecule has 1 fully saturated rings. The fourth-order valence-corrected chi connectivity index (χ4v) is 5.42. The molecule has 0 spiro atoms. The first kappa shape index (κ1) is 21.5. The van der Waals surface area contributed by atoms with Gasteiger partial charge in [0.25, 0.3) is 0 Å². The lowest BCUT2D eigenvalue weighted by atomic mass is 10.1. The van der Waals surface area contributed by atoms with E-state index in [1.54, 1.807) is 4.90 Å². The van der Waals surface area contributed by atoms with Gasteiger partial charge in [0.1, 0.15) is 17.9 Å². The summed E-state index contributed by atoms with van der Waals surface area (Å²) in [6, 6.07) is 19.1. The second-order valence-corrected chi connectivity index (χ2v) is 10.5. The summed E-state index contributed by atoms with van der Waals surface area (Å²) in [5.74, 6) is -0.279. The summed E-state index contributed by atoms with van der Waals surface area (Å²) in [5.41, 5.74) is 3.21. The third-order valence-electron chi connectivity index (χ3n) is 5.67. The summed E-state index contributed by atoms with van der Waals surface area (Å²) in [4.78, 5) is 14.5. The molecule has 8 nitrogen and oxygen atoms in total. The Labute approximate surface area is 195 Å². The Balaban J connectivity index is 1.58. The van der Waals surface area contributed by atoms with E-state index in [0.717, 1.165) is 11.1 Å². The number of amides is 1. The largest absolute Gasteiger partial charge is 0.339 e. The highest BCUT2D eigenvalue weighted by atomic mass is 35.5. The molecule has 33 heavy (non-hydrogen) atoms. The monoisotopic (exact) mass is 481 g/mol. The Kier molecular flexibility index (Phi) is 5.59. The number of carbonyl (C=O) groups is 1. The molecule has 4 aromatic rings. The van der Waals surface area contributed by atoms with Crippen molar-refractivity contribution in [2.75, 3.05) is 24.6 Å². The van der Waals surface area contributed by atoms with Gasteiger partial charge in [0.2, 0.25) is 5.91 Å². The van der Waals surface area contributed by atoms with Crippen LogP contribution in [0.5, 0.6) is 0 Å². The molecule has 0 N–H and O–H groups in total. The molecule has 5 rings (SSSR count). The van der Waals surface area contributed by atoms with Crippen LogP contribution in [0.25, 0.3) is 33.5 Å². The molecule has 2 aromatic heterocycles. The van der Waals surface area contributed by atoms with Gasteiger partial charge >= 0.3 is 0 Å². The lowest BCUT2D eigenvalue weighted by molar-refractivity contribution is -0.131. The van der Waals surface area contributed by atoms with E-state index >= 15 is 0 Å². The highest BCUT2D eigenvalue weighted by Crippen LogP contribution is 2.37. The maximum atomic E-state index is 12.9. The Morgan fingerprint density at radius 2 is 1.45 bits per heavy atom. The minimum atomic E-state index is -3.08. The normalized spacial score (nSPS) is 15.6. The summed E-state index contributed by atoms with van der Waals surface area (Å²) in [5, 5.41) is 14.4. The lowest BCUT2D eigenvalue weighted by Gasteiger charge is -2.26. The highest BCUT2D eigenvalue weighted by molar-refractivity contribution is 7.91. The fraction of sp³-hybridized carbons (Fsp3) is 0.217. The van der Waals surface area contributed by atoms with Crippen molar-refractivity contribution in [1.82, 2.24) is 24.9 Å². The number of aromatic nitrogens is 4. The van der Waals surface area contributed by atoms with Crippen molar-refractivity contribution in [1.29, 1.82) is 0 Å². The molecule has 168 valence electrons. The van der Waals surface area contributed by atoms with Crippen molar-refractivity contribution in [2.45, 2.75) is 6.54 Å². The molecule has 1 aliphatic heterocycles. The summed E-state index contributed by atoms with van der Waals surface area (Å²) < 4.78 is 24.9. The van der Waals surface area contributed by atoms with E-state index in [1.807, 2.05) is 60.7 Å². The van der Waals surface area contributed by atoms with Crippen molar-refractivity contribution in [3.8, 4) is 22.5 Å². The Hall–Kier alpha value is -3.30. The predicted molar refractivity (Wildman–Crippen MR) is 126 cm³/mol. The summed E-state index contributed by atoms with van der Waals surface area (Å²) in [7, 11) is -3.08. The standard InChI is InChI=1S/C23H20ClN5O3S/c24-20-19-21(16-7-3-1-4-8-16)27-29(15-18(30)28-11-13-33(31,32)14-12-28)23(19)26-25-22(20)17-9-5-2-6-10-17/h1-10H,11-15H2. The van der Waals surface area contributed by atoms with E-state index in [4.69, 9.17) is 11.6 Å². The van der Waals surface area contributed by atoms with Crippen LogP contribution in [-0.2, 0) is 21.2 Å². The molecular weight excluding hydrogens is 462 g/mol. The molecule has 1 saturated heterocycles. The molecule has 0 bridgehead atoms. The van der Waals surface area contributed by atoms with E-state index in [-0.39, 0.29) is 37.0 Å². The van der Waals surface area contributed by atoms with E-state index in [2.05, 4.69) is 15.3 Å². The number of sulfone groups is 1. The van der Waals surface area contributed by atoms with Gasteiger partial charge in [-0.05, 0) is 0 Å². The molecule has 10 heteroatoms. The van der Waals surface area contributed by atoms with Gasteiger partial charge in [-0.3, -0.25) is 4.79 Å². The number of carbonyl (C=O) groups excluding carboxylic acids is 1. The minimum Gasteiger partial charge on any atom is -0.339 e. The van der Waals surface area contributed by atoms with Gasteiger partial charge in [-0.25, -0.2) is 13.1 Å². The van der Waals surface area contributed by atoms with Gasteiger partial charge in [-0.2, -0.15) is 5.10 Å². The van der Waals surface area contributed by atoms with Crippen LogP contribution < -0.4 is 0 Å². The van der Waals surface area contributed by atoms with Crippen LogP contribution in [0.3, 0.4) is 0 Å². The zero-order valence-corrected chi connectivity index (χ0v) is 19.1. The first-order chi connectivity index (χ1) is 15.9. The first-order valence-corrected chi connectivity index (χ1v) is 12.6. The quantitative estimate of drug-likeness (QED) is 0.444. The SMILES string of the molecule is O=C(Cn1nc(-c2ccccc2)c2c(Cl)c(-c3ccccc3)nnc21)N1CCS(=O)(=O)CC1. The number of rotatable bonds is 4. The maximum absolute atomic E-state index is 12.9. The Morgan fingerprint density at radius 3 is 2.06 bits per heavy atom. The van der Waals surface area contributed by atoms with Gasteiger partial charge < -0.3 is 4.90 Å². The first-order valence-electron chi connectivity index (χ1n) is 10.4. The average molecular weight is 482 g/mol. The summed E-state index contributed by atoms with van der Waals surface area (Å²) in [6.45, 7) is 0.270. The van der Waals surface area contributed by atoms with Gasteiger partial charge in [-0.15, -0.1) is 10.2 Å². The van der Waals surface area contributed by atoms with Gasteiger partial charge in [-0.1, -0.05) is 72.3 Å². The molecule has 1 aliphatic rings. The third-order valence-corrected chi connectivity index (χ3v) is 7.65. The Morgan fingerprint density at radius 1 is 0.879 bits per heavy atom. The van der Waals surface area contributed by atoms with Crippen LogP contribution in [0, 0.1) is 0 Å². The second-order valence-electron chi connectivity index (χ2n) is 7.83. The number of hydrogen-bond donors (Lipinski definition) is 0.